The highest BCUT2D eigenvalue weighted by Gasteiger charge is 2.65. The van der Waals surface area contributed by atoms with Crippen LogP contribution in [0.1, 0.15) is 33.4 Å². The molecule has 1 aliphatic rings. The van der Waals surface area contributed by atoms with Gasteiger partial charge in [0.1, 0.15) is 0 Å². The second-order valence-electron chi connectivity index (χ2n) is 6.58. The van der Waals surface area contributed by atoms with Crippen LogP contribution in [0.15, 0.2) is 18.3 Å². The van der Waals surface area contributed by atoms with Crippen LogP contribution in [0.5, 0.6) is 0 Å². The van der Waals surface area contributed by atoms with Crippen LogP contribution >= 0.6 is 0 Å². The first-order chi connectivity index (χ1) is 9.64. The highest BCUT2D eigenvalue weighted by molar-refractivity contribution is 5.89. The summed E-state index contributed by atoms with van der Waals surface area (Å²) in [5, 5.41) is 14.3. The molecule has 1 heterocycles. The summed E-state index contributed by atoms with van der Waals surface area (Å²) in [5.41, 5.74) is 1.15. The van der Waals surface area contributed by atoms with Gasteiger partial charge in [-0.15, -0.1) is 0 Å². The Morgan fingerprint density at radius 3 is 2.29 bits per heavy atom. The average Bonchev–Trinajstić information content (AvgIpc) is 2.73. The van der Waals surface area contributed by atoms with Crippen molar-refractivity contribution in [2.45, 2.75) is 40.2 Å². The number of nitrogens with zero attached hydrogens (tertiary/aromatic N) is 1. The van der Waals surface area contributed by atoms with Gasteiger partial charge in [0.25, 0.3) is 0 Å². The highest BCUT2D eigenvalue weighted by atomic mass is 16.4. The van der Waals surface area contributed by atoms with Crippen LogP contribution in [-0.4, -0.2) is 28.1 Å². The molecule has 1 saturated carbocycles. The minimum absolute atomic E-state index is 0.0773. The predicted octanol–water partition coefficient (Wildman–Crippen LogP) is 2.26. The van der Waals surface area contributed by atoms with Crippen LogP contribution in [0.2, 0.25) is 0 Å². The van der Waals surface area contributed by atoms with E-state index in [1.54, 1.807) is 12.1 Å². The number of carboxylic acids is 1. The maximum atomic E-state index is 12.0. The van der Waals surface area contributed by atoms with Crippen LogP contribution in [0, 0.1) is 10.8 Å². The number of nitrogens with one attached hydrogen (secondary N) is 2. The van der Waals surface area contributed by atoms with E-state index in [1.165, 1.54) is 6.20 Å². The molecule has 6 heteroatoms. The molecule has 1 aliphatic carbocycles. The molecule has 0 atom stereocenters. The van der Waals surface area contributed by atoms with Gasteiger partial charge in [-0.25, -0.2) is 4.79 Å². The van der Waals surface area contributed by atoms with E-state index in [4.69, 9.17) is 5.11 Å². The molecule has 0 radical (unpaired) electrons. The van der Waals surface area contributed by atoms with E-state index < -0.39 is 5.97 Å². The number of carbonyl (C=O) groups excluding carboxylic acids is 1. The van der Waals surface area contributed by atoms with E-state index in [-0.39, 0.29) is 29.3 Å². The van der Waals surface area contributed by atoms with Gasteiger partial charge in [-0.1, -0.05) is 27.7 Å². The zero-order chi connectivity index (χ0) is 15.8. The van der Waals surface area contributed by atoms with E-state index in [9.17, 15) is 9.59 Å². The van der Waals surface area contributed by atoms with Crippen molar-refractivity contribution in [1.29, 1.82) is 0 Å². The number of carboxylic acid groups (broad SMARTS) is 1. The van der Waals surface area contributed by atoms with Crippen molar-refractivity contribution in [1.82, 2.24) is 10.3 Å². The van der Waals surface area contributed by atoms with Crippen LogP contribution in [0.25, 0.3) is 0 Å². The quantitative estimate of drug-likeness (QED) is 0.793. The first kappa shape index (κ1) is 15.3. The Hall–Kier alpha value is -2.11. The molecule has 0 saturated heterocycles. The number of carbonyl (C=O) groups is 2. The number of aromatic nitrogens is 1. The van der Waals surface area contributed by atoms with Gasteiger partial charge in [-0.3, -0.25) is 9.78 Å². The average molecular weight is 291 g/mol. The van der Waals surface area contributed by atoms with Crippen molar-refractivity contribution < 1.29 is 14.7 Å². The molecule has 0 unspecified atom stereocenters. The van der Waals surface area contributed by atoms with E-state index in [0.29, 0.717) is 11.4 Å². The second-order valence-corrected chi connectivity index (χ2v) is 6.58. The molecule has 2 rings (SSSR count). The number of rotatable bonds is 4. The van der Waals surface area contributed by atoms with Gasteiger partial charge in [0.2, 0.25) is 0 Å². The molecular weight excluding hydrogens is 270 g/mol. The largest absolute Gasteiger partial charge is 0.481 e. The molecule has 1 aromatic rings. The van der Waals surface area contributed by atoms with E-state index >= 15 is 0 Å². The van der Waals surface area contributed by atoms with Crippen molar-refractivity contribution in [3.05, 3.63) is 24.0 Å². The van der Waals surface area contributed by atoms with Crippen molar-refractivity contribution >= 4 is 17.7 Å². The third-order valence-electron chi connectivity index (χ3n) is 4.71. The smallest absolute Gasteiger partial charge is 0.319 e. The van der Waals surface area contributed by atoms with Crippen molar-refractivity contribution in [2.75, 3.05) is 5.32 Å². The Labute approximate surface area is 124 Å². The van der Waals surface area contributed by atoms with E-state index in [0.717, 1.165) is 0 Å². The minimum atomic E-state index is -0.931. The van der Waals surface area contributed by atoms with E-state index in [1.807, 2.05) is 0 Å². The predicted molar refractivity (Wildman–Crippen MR) is 79.1 cm³/mol. The molecule has 0 aromatic carbocycles. The lowest BCUT2D eigenvalue weighted by atomic mass is 10.0. The maximum absolute atomic E-state index is 12.0. The summed E-state index contributed by atoms with van der Waals surface area (Å²) in [6, 6.07) is 3.10. The summed E-state index contributed by atoms with van der Waals surface area (Å²) in [6.45, 7) is 8.50. The first-order valence-electron chi connectivity index (χ1n) is 6.89. The summed E-state index contributed by atoms with van der Waals surface area (Å²) in [4.78, 5) is 26.5. The second kappa shape index (κ2) is 5.02. The van der Waals surface area contributed by atoms with Gasteiger partial charge in [-0.05, 0) is 23.0 Å². The summed E-state index contributed by atoms with van der Waals surface area (Å²) >= 11 is 0. The van der Waals surface area contributed by atoms with Gasteiger partial charge >= 0.3 is 12.0 Å². The molecule has 3 N–H and O–H groups in total. The fourth-order valence-electron chi connectivity index (χ4n) is 2.61. The topological polar surface area (TPSA) is 91.3 Å². The standard InChI is InChI=1S/C15H21N3O3/c1-14(2)12(15(14,3)4)18-13(21)17-10-6-5-9(16-8-10)7-11(19)20/h5-6,8,12H,7H2,1-4H3,(H,19,20)(H2,17,18,21). The maximum Gasteiger partial charge on any atom is 0.319 e. The van der Waals surface area contributed by atoms with Crippen LogP contribution in [0.3, 0.4) is 0 Å². The van der Waals surface area contributed by atoms with E-state index in [2.05, 4.69) is 43.3 Å². The third-order valence-corrected chi connectivity index (χ3v) is 4.71. The number of hydrogen-bond donors (Lipinski definition) is 3. The lowest BCUT2D eigenvalue weighted by Gasteiger charge is -2.09. The lowest BCUT2D eigenvalue weighted by Crippen LogP contribution is -2.33. The van der Waals surface area contributed by atoms with Gasteiger partial charge in [0.05, 0.1) is 24.0 Å². The highest BCUT2D eigenvalue weighted by Crippen LogP contribution is 2.62. The van der Waals surface area contributed by atoms with Gasteiger partial charge in [0, 0.05) is 6.04 Å². The van der Waals surface area contributed by atoms with Crippen molar-refractivity contribution in [3.63, 3.8) is 0 Å². The molecule has 1 aromatic heterocycles. The fourth-order valence-corrected chi connectivity index (χ4v) is 2.61. The Morgan fingerprint density at radius 1 is 1.24 bits per heavy atom. The monoisotopic (exact) mass is 291 g/mol. The minimum Gasteiger partial charge on any atom is -0.481 e. The number of anilines is 1. The Balaban J connectivity index is 1.90. The molecule has 0 aliphatic heterocycles. The first-order valence-corrected chi connectivity index (χ1v) is 6.89. The third kappa shape index (κ3) is 2.99. The molecule has 21 heavy (non-hydrogen) atoms. The summed E-state index contributed by atoms with van der Waals surface area (Å²) < 4.78 is 0. The molecule has 2 amide bonds. The van der Waals surface area contributed by atoms with Gasteiger partial charge < -0.3 is 15.7 Å². The van der Waals surface area contributed by atoms with Crippen LogP contribution in [0.4, 0.5) is 10.5 Å². The van der Waals surface area contributed by atoms with Crippen LogP contribution < -0.4 is 10.6 Å². The molecule has 0 spiro atoms. The van der Waals surface area contributed by atoms with Crippen LogP contribution in [-0.2, 0) is 11.2 Å². The zero-order valence-corrected chi connectivity index (χ0v) is 12.7. The zero-order valence-electron chi connectivity index (χ0n) is 12.7. The summed E-state index contributed by atoms with van der Waals surface area (Å²) in [6.07, 6.45) is 1.33. The number of hydrogen-bond acceptors (Lipinski definition) is 3. The Morgan fingerprint density at radius 2 is 1.86 bits per heavy atom. The van der Waals surface area contributed by atoms with Crippen molar-refractivity contribution in [3.8, 4) is 0 Å². The number of urea groups is 1. The number of amides is 2. The van der Waals surface area contributed by atoms with Crippen molar-refractivity contribution in [2.24, 2.45) is 10.8 Å². The summed E-state index contributed by atoms with van der Waals surface area (Å²) in [7, 11) is 0. The number of pyridine rings is 1. The summed E-state index contributed by atoms with van der Waals surface area (Å²) in [5.74, 6) is -0.931. The molecule has 114 valence electrons. The fraction of sp³-hybridized carbons (Fsp3) is 0.533. The Kier molecular flexibility index (Phi) is 3.65. The lowest BCUT2D eigenvalue weighted by molar-refractivity contribution is -0.136. The number of aliphatic carboxylic acids is 1. The Bertz CT molecular complexity index is 550. The molecule has 6 nitrogen and oxygen atoms in total. The van der Waals surface area contributed by atoms with Gasteiger partial charge in [-0.2, -0.15) is 0 Å². The molecular formula is C15H21N3O3. The molecule has 1 fully saturated rings. The van der Waals surface area contributed by atoms with Gasteiger partial charge in [0.15, 0.2) is 0 Å². The SMILES string of the molecule is CC1(C)C(NC(=O)Nc2ccc(CC(=O)O)nc2)C1(C)C. The normalized spacial score (nSPS) is 18.9. The molecule has 0 bridgehead atoms.